The first kappa shape index (κ1) is 12.5. The second-order valence-corrected chi connectivity index (χ2v) is 4.23. The first-order valence-electron chi connectivity index (χ1n) is 5.91. The first-order chi connectivity index (χ1) is 8.69. The summed E-state index contributed by atoms with van der Waals surface area (Å²) in [7, 11) is 0. The number of nitrogens with two attached hydrogens (primary N) is 1. The van der Waals surface area contributed by atoms with Crippen LogP contribution in [0.1, 0.15) is 24.2 Å². The van der Waals surface area contributed by atoms with E-state index in [1.807, 2.05) is 55.5 Å². The van der Waals surface area contributed by atoms with Crippen LogP contribution >= 0.6 is 0 Å². The van der Waals surface area contributed by atoms with Crippen LogP contribution in [0.2, 0.25) is 0 Å². The molecule has 0 aliphatic carbocycles. The van der Waals surface area contributed by atoms with Crippen molar-refractivity contribution in [3.63, 3.8) is 0 Å². The van der Waals surface area contributed by atoms with Gasteiger partial charge in [0.05, 0.1) is 6.61 Å². The van der Waals surface area contributed by atoms with Crippen LogP contribution < -0.4 is 10.5 Å². The molecule has 94 valence electrons. The van der Waals surface area contributed by atoms with E-state index in [-0.39, 0.29) is 12.7 Å². The lowest BCUT2D eigenvalue weighted by molar-refractivity contribution is 0.226. The van der Waals surface area contributed by atoms with Crippen LogP contribution in [0.4, 0.5) is 5.69 Å². The quantitative estimate of drug-likeness (QED) is 0.812. The molecule has 3 heteroatoms. The zero-order valence-electron chi connectivity index (χ0n) is 10.3. The van der Waals surface area contributed by atoms with Gasteiger partial charge < -0.3 is 15.6 Å². The van der Waals surface area contributed by atoms with Gasteiger partial charge >= 0.3 is 0 Å². The maximum absolute atomic E-state index is 8.96. The Morgan fingerprint density at radius 1 is 1.17 bits per heavy atom. The fraction of sp³-hybridized carbons (Fsp3) is 0.200. The van der Waals surface area contributed by atoms with Gasteiger partial charge in [0.15, 0.2) is 0 Å². The molecule has 0 radical (unpaired) electrons. The van der Waals surface area contributed by atoms with Crippen molar-refractivity contribution in [2.24, 2.45) is 0 Å². The fourth-order valence-corrected chi connectivity index (χ4v) is 1.76. The molecule has 3 nitrogen and oxygen atoms in total. The van der Waals surface area contributed by atoms with E-state index in [1.165, 1.54) is 0 Å². The van der Waals surface area contributed by atoms with Crippen LogP contribution in [-0.2, 0) is 6.61 Å². The van der Waals surface area contributed by atoms with Gasteiger partial charge in [0.1, 0.15) is 11.9 Å². The Morgan fingerprint density at radius 2 is 1.89 bits per heavy atom. The Bertz CT molecular complexity index is 508. The van der Waals surface area contributed by atoms with E-state index in [2.05, 4.69) is 0 Å². The maximum Gasteiger partial charge on any atom is 0.121 e. The van der Waals surface area contributed by atoms with E-state index in [1.54, 1.807) is 0 Å². The Hall–Kier alpha value is -2.00. The summed E-state index contributed by atoms with van der Waals surface area (Å²) in [6, 6.07) is 15.1. The smallest absolute Gasteiger partial charge is 0.121 e. The minimum absolute atomic E-state index is 0.0467. The Morgan fingerprint density at radius 3 is 2.50 bits per heavy atom. The predicted molar refractivity (Wildman–Crippen MR) is 72.3 cm³/mol. The monoisotopic (exact) mass is 243 g/mol. The molecule has 0 heterocycles. The van der Waals surface area contributed by atoms with Gasteiger partial charge in [-0.2, -0.15) is 0 Å². The molecule has 0 bridgehead atoms. The first-order valence-corrected chi connectivity index (χ1v) is 5.91. The van der Waals surface area contributed by atoms with Crippen molar-refractivity contribution in [1.82, 2.24) is 0 Å². The second-order valence-electron chi connectivity index (χ2n) is 4.23. The summed E-state index contributed by atoms with van der Waals surface area (Å²) in [6.07, 6.45) is -0.0616. The summed E-state index contributed by atoms with van der Waals surface area (Å²) < 4.78 is 5.82. The Labute approximate surface area is 107 Å². The number of benzene rings is 2. The van der Waals surface area contributed by atoms with Crippen LogP contribution in [0.5, 0.6) is 5.75 Å². The van der Waals surface area contributed by atoms with Crippen LogP contribution in [0.25, 0.3) is 0 Å². The third-order valence-electron chi connectivity index (χ3n) is 2.80. The van der Waals surface area contributed by atoms with E-state index >= 15 is 0 Å². The minimum atomic E-state index is -0.0616. The van der Waals surface area contributed by atoms with Gasteiger partial charge in [-0.15, -0.1) is 0 Å². The normalized spacial score (nSPS) is 12.1. The average molecular weight is 243 g/mol. The molecular formula is C15H17NO2. The highest BCUT2D eigenvalue weighted by Gasteiger charge is 2.07. The molecule has 0 aliphatic heterocycles. The second kappa shape index (κ2) is 5.56. The number of nitrogen functional groups attached to an aromatic ring is 1. The van der Waals surface area contributed by atoms with E-state index in [9.17, 15) is 0 Å². The molecule has 0 aliphatic rings. The summed E-state index contributed by atoms with van der Waals surface area (Å²) in [6.45, 7) is 2.03. The highest BCUT2D eigenvalue weighted by molar-refractivity contribution is 5.41. The molecule has 2 rings (SSSR count). The number of rotatable bonds is 4. The minimum Gasteiger partial charge on any atom is -0.486 e. The van der Waals surface area contributed by atoms with Crippen LogP contribution in [-0.4, -0.2) is 5.11 Å². The molecule has 18 heavy (non-hydrogen) atoms. The summed E-state index contributed by atoms with van der Waals surface area (Å²) in [5, 5.41) is 8.96. The SMILES string of the molecule is CC(Oc1ccc(CO)cc1)c1cccc(N)c1. The van der Waals surface area contributed by atoms with Crippen molar-refractivity contribution < 1.29 is 9.84 Å². The topological polar surface area (TPSA) is 55.5 Å². The zero-order chi connectivity index (χ0) is 13.0. The number of anilines is 1. The van der Waals surface area contributed by atoms with E-state index < -0.39 is 0 Å². The molecule has 1 unspecified atom stereocenters. The van der Waals surface area contributed by atoms with Crippen LogP contribution in [0.15, 0.2) is 48.5 Å². The van der Waals surface area contributed by atoms with Crippen LogP contribution in [0, 0.1) is 0 Å². The summed E-state index contributed by atoms with van der Waals surface area (Å²) in [5.41, 5.74) is 8.40. The molecular weight excluding hydrogens is 226 g/mol. The fourth-order valence-electron chi connectivity index (χ4n) is 1.76. The van der Waals surface area contributed by atoms with E-state index in [4.69, 9.17) is 15.6 Å². The lowest BCUT2D eigenvalue weighted by Gasteiger charge is -2.15. The molecule has 3 N–H and O–H groups in total. The van der Waals surface area contributed by atoms with Crippen molar-refractivity contribution in [3.05, 3.63) is 59.7 Å². The van der Waals surface area contributed by atoms with Gasteiger partial charge in [-0.3, -0.25) is 0 Å². The third kappa shape index (κ3) is 3.02. The van der Waals surface area contributed by atoms with Gasteiger partial charge in [-0.05, 0) is 42.3 Å². The zero-order valence-corrected chi connectivity index (χ0v) is 10.3. The number of aliphatic hydroxyl groups excluding tert-OH is 1. The van der Waals surface area contributed by atoms with Crippen molar-refractivity contribution in [1.29, 1.82) is 0 Å². The number of ether oxygens (including phenoxy) is 1. The van der Waals surface area contributed by atoms with Crippen molar-refractivity contribution in [2.45, 2.75) is 19.6 Å². The van der Waals surface area contributed by atoms with Gasteiger partial charge in [0, 0.05) is 5.69 Å². The average Bonchev–Trinajstić information content (AvgIpc) is 2.39. The maximum atomic E-state index is 8.96. The molecule has 0 amide bonds. The van der Waals surface area contributed by atoms with Gasteiger partial charge in [-0.1, -0.05) is 24.3 Å². The Kier molecular flexibility index (Phi) is 3.85. The van der Waals surface area contributed by atoms with Gasteiger partial charge in [-0.25, -0.2) is 0 Å². The molecule has 1 atom stereocenters. The molecule has 0 spiro atoms. The molecule has 0 saturated heterocycles. The standard InChI is InChI=1S/C15H17NO2/c1-11(13-3-2-4-14(16)9-13)18-15-7-5-12(10-17)6-8-15/h2-9,11,17H,10,16H2,1H3. The number of hydrogen-bond donors (Lipinski definition) is 2. The van der Waals surface area contributed by atoms with Crippen molar-refractivity contribution >= 4 is 5.69 Å². The number of hydrogen-bond acceptors (Lipinski definition) is 3. The van der Waals surface area contributed by atoms with Crippen molar-refractivity contribution in [2.75, 3.05) is 5.73 Å². The van der Waals surface area contributed by atoms with Crippen molar-refractivity contribution in [3.8, 4) is 5.75 Å². The molecule has 0 fully saturated rings. The summed E-state index contributed by atoms with van der Waals surface area (Å²) in [4.78, 5) is 0. The summed E-state index contributed by atoms with van der Waals surface area (Å²) >= 11 is 0. The van der Waals surface area contributed by atoms with E-state index in [0.717, 1.165) is 22.6 Å². The predicted octanol–water partition coefficient (Wildman–Crippen LogP) is 2.90. The van der Waals surface area contributed by atoms with E-state index in [0.29, 0.717) is 0 Å². The molecule has 2 aromatic rings. The largest absolute Gasteiger partial charge is 0.486 e. The van der Waals surface area contributed by atoms with Crippen LogP contribution in [0.3, 0.4) is 0 Å². The summed E-state index contributed by atoms with van der Waals surface area (Å²) in [5.74, 6) is 0.780. The lowest BCUT2D eigenvalue weighted by Crippen LogP contribution is -2.03. The Balaban J connectivity index is 2.08. The van der Waals surface area contributed by atoms with Gasteiger partial charge in [0.25, 0.3) is 0 Å². The highest BCUT2D eigenvalue weighted by atomic mass is 16.5. The third-order valence-corrected chi connectivity index (χ3v) is 2.80. The van der Waals surface area contributed by atoms with Gasteiger partial charge in [0.2, 0.25) is 0 Å². The molecule has 2 aromatic carbocycles. The molecule has 0 saturated carbocycles. The lowest BCUT2D eigenvalue weighted by atomic mass is 10.1. The number of aliphatic hydroxyl groups is 1. The highest BCUT2D eigenvalue weighted by Crippen LogP contribution is 2.23. The molecule has 0 aromatic heterocycles.